The fourth-order valence-corrected chi connectivity index (χ4v) is 4.79. The third kappa shape index (κ3) is 4.60. The number of amides is 2. The Morgan fingerprint density at radius 2 is 1.94 bits per heavy atom. The number of methoxy groups -OCH3 is 1. The Morgan fingerprint density at radius 3 is 2.59 bits per heavy atom. The normalized spacial score (nSPS) is 14.7. The molecule has 2 amide bonds. The van der Waals surface area contributed by atoms with Gasteiger partial charge in [0, 0.05) is 16.6 Å². The van der Waals surface area contributed by atoms with Crippen molar-refractivity contribution in [2.75, 3.05) is 12.0 Å². The van der Waals surface area contributed by atoms with E-state index in [0.29, 0.717) is 10.6 Å². The highest BCUT2D eigenvalue weighted by Gasteiger charge is 2.36. The molecule has 1 aliphatic rings. The maximum absolute atomic E-state index is 13.6. The van der Waals surface area contributed by atoms with Crippen LogP contribution in [0.1, 0.15) is 57.5 Å². The van der Waals surface area contributed by atoms with Gasteiger partial charge < -0.3 is 14.5 Å². The summed E-state index contributed by atoms with van der Waals surface area (Å²) >= 11 is 1.39. The van der Waals surface area contributed by atoms with Crippen LogP contribution in [0.5, 0.6) is 0 Å². The molecule has 32 heavy (non-hydrogen) atoms. The second-order valence-electron chi connectivity index (χ2n) is 7.60. The van der Waals surface area contributed by atoms with Crippen LogP contribution in [-0.2, 0) is 9.53 Å². The molecule has 0 unspecified atom stereocenters. The molecule has 0 radical (unpaired) electrons. The first-order valence-electron chi connectivity index (χ1n) is 10.5. The first-order chi connectivity index (χ1) is 15.6. The van der Waals surface area contributed by atoms with Crippen molar-refractivity contribution in [2.45, 2.75) is 37.8 Å². The van der Waals surface area contributed by atoms with Gasteiger partial charge in [0.05, 0.1) is 18.9 Å². The van der Waals surface area contributed by atoms with Crippen molar-refractivity contribution >= 4 is 34.8 Å². The molecule has 3 aromatic rings. The Hall–Kier alpha value is -3.39. The number of thiophene rings is 1. The molecular formula is C24H24N2O5S. The van der Waals surface area contributed by atoms with E-state index in [9.17, 15) is 14.4 Å². The third-order valence-electron chi connectivity index (χ3n) is 5.52. The van der Waals surface area contributed by atoms with E-state index in [2.05, 4.69) is 5.32 Å². The lowest BCUT2D eigenvalue weighted by Crippen LogP contribution is -2.46. The lowest BCUT2D eigenvalue weighted by atomic mass is 10.1. The monoisotopic (exact) mass is 452 g/mol. The van der Waals surface area contributed by atoms with Gasteiger partial charge in [-0.3, -0.25) is 14.5 Å². The molecular weight excluding hydrogens is 428 g/mol. The molecule has 4 rings (SSSR count). The zero-order chi connectivity index (χ0) is 22.5. The van der Waals surface area contributed by atoms with E-state index in [-0.39, 0.29) is 23.3 Å². The van der Waals surface area contributed by atoms with Gasteiger partial charge in [0.2, 0.25) is 5.91 Å². The fourth-order valence-electron chi connectivity index (χ4n) is 3.97. The molecule has 8 heteroatoms. The van der Waals surface area contributed by atoms with Gasteiger partial charge in [0.25, 0.3) is 5.91 Å². The minimum atomic E-state index is -0.916. The fraction of sp³-hybridized carbons (Fsp3) is 0.292. The molecule has 166 valence electrons. The summed E-state index contributed by atoms with van der Waals surface area (Å²) in [5.41, 5.74) is 0.678. The predicted octanol–water partition coefficient (Wildman–Crippen LogP) is 4.57. The second kappa shape index (κ2) is 9.82. The molecule has 1 fully saturated rings. The molecule has 1 atom stereocenters. The topological polar surface area (TPSA) is 88.8 Å². The van der Waals surface area contributed by atoms with Crippen LogP contribution in [0.2, 0.25) is 0 Å². The molecule has 1 aliphatic carbocycles. The van der Waals surface area contributed by atoms with Gasteiger partial charge in [-0.25, -0.2) is 4.79 Å². The summed E-state index contributed by atoms with van der Waals surface area (Å²) in [6.07, 6.45) is 5.41. The van der Waals surface area contributed by atoms with E-state index in [1.165, 1.54) is 29.6 Å². The Kier molecular flexibility index (Phi) is 6.70. The minimum absolute atomic E-state index is 0.0898. The number of nitrogens with one attached hydrogen (secondary N) is 1. The Balaban J connectivity index is 1.79. The van der Waals surface area contributed by atoms with Crippen LogP contribution in [-0.4, -0.2) is 30.9 Å². The number of hydrogen-bond acceptors (Lipinski definition) is 6. The summed E-state index contributed by atoms with van der Waals surface area (Å²) in [4.78, 5) is 41.3. The number of carbonyl (C=O) groups is 3. The number of nitrogens with zero attached hydrogens (tertiary/aromatic N) is 1. The van der Waals surface area contributed by atoms with E-state index in [1.807, 2.05) is 17.5 Å². The van der Waals surface area contributed by atoms with Gasteiger partial charge in [0.1, 0.15) is 0 Å². The summed E-state index contributed by atoms with van der Waals surface area (Å²) in [5.74, 6) is -1.16. The number of furan rings is 1. The average Bonchev–Trinajstić information content (AvgIpc) is 3.59. The Bertz CT molecular complexity index is 1070. The van der Waals surface area contributed by atoms with Crippen LogP contribution < -0.4 is 10.2 Å². The standard InChI is InChI=1S/C24H24N2O5S/c1-30-24(29)16-7-4-10-18(15-16)26(23(28)19-11-5-13-31-19)21(20-12-6-14-32-20)22(27)25-17-8-2-3-9-17/h4-7,10-15,17,21H,2-3,8-9H2,1H3,(H,25,27)/t21-/m1/s1. The second-order valence-corrected chi connectivity index (χ2v) is 8.58. The maximum atomic E-state index is 13.6. The SMILES string of the molecule is COC(=O)c1cccc(N(C(=O)c2ccco2)[C@@H](C(=O)NC2CCCC2)c2cccs2)c1. The molecule has 1 saturated carbocycles. The van der Waals surface area contributed by atoms with E-state index < -0.39 is 17.9 Å². The summed E-state index contributed by atoms with van der Waals surface area (Å²) in [6.45, 7) is 0. The van der Waals surface area contributed by atoms with Crippen molar-refractivity contribution in [3.05, 3.63) is 76.4 Å². The summed E-state index contributed by atoms with van der Waals surface area (Å²) in [7, 11) is 1.30. The van der Waals surface area contributed by atoms with Crippen LogP contribution in [0.4, 0.5) is 5.69 Å². The van der Waals surface area contributed by atoms with Crippen molar-refractivity contribution in [2.24, 2.45) is 0 Å². The number of carbonyl (C=O) groups excluding carboxylic acids is 3. The zero-order valence-corrected chi connectivity index (χ0v) is 18.5. The highest BCUT2D eigenvalue weighted by atomic mass is 32.1. The molecule has 7 nitrogen and oxygen atoms in total. The van der Waals surface area contributed by atoms with Crippen molar-refractivity contribution < 1.29 is 23.5 Å². The molecule has 0 spiro atoms. The molecule has 0 saturated heterocycles. The number of ether oxygens (including phenoxy) is 1. The number of anilines is 1. The van der Waals surface area contributed by atoms with E-state index in [4.69, 9.17) is 9.15 Å². The quantitative estimate of drug-likeness (QED) is 0.530. The zero-order valence-electron chi connectivity index (χ0n) is 17.7. The highest BCUT2D eigenvalue weighted by molar-refractivity contribution is 7.10. The Morgan fingerprint density at radius 1 is 1.12 bits per heavy atom. The van der Waals surface area contributed by atoms with E-state index >= 15 is 0 Å². The van der Waals surface area contributed by atoms with Gasteiger partial charge in [-0.05, 0) is 54.6 Å². The first-order valence-corrected chi connectivity index (χ1v) is 11.4. The summed E-state index contributed by atoms with van der Waals surface area (Å²) < 4.78 is 10.2. The van der Waals surface area contributed by atoms with Crippen molar-refractivity contribution in [3.63, 3.8) is 0 Å². The summed E-state index contributed by atoms with van der Waals surface area (Å²) in [6, 6.07) is 12.5. The predicted molar refractivity (Wildman–Crippen MR) is 121 cm³/mol. The van der Waals surface area contributed by atoms with Crippen LogP contribution in [0.3, 0.4) is 0 Å². The lowest BCUT2D eigenvalue weighted by Gasteiger charge is -2.31. The van der Waals surface area contributed by atoms with Gasteiger partial charge in [-0.2, -0.15) is 0 Å². The third-order valence-corrected chi connectivity index (χ3v) is 6.44. The van der Waals surface area contributed by atoms with Gasteiger partial charge in [0.15, 0.2) is 11.8 Å². The average molecular weight is 453 g/mol. The number of benzene rings is 1. The van der Waals surface area contributed by atoms with Crippen molar-refractivity contribution in [3.8, 4) is 0 Å². The van der Waals surface area contributed by atoms with E-state index in [0.717, 1.165) is 25.7 Å². The number of esters is 1. The largest absolute Gasteiger partial charge is 0.465 e. The first kappa shape index (κ1) is 21.8. The van der Waals surface area contributed by atoms with Crippen molar-refractivity contribution in [1.29, 1.82) is 0 Å². The lowest BCUT2D eigenvalue weighted by molar-refractivity contribution is -0.123. The molecule has 1 aromatic carbocycles. The van der Waals surface area contributed by atoms with Gasteiger partial charge in [-0.15, -0.1) is 11.3 Å². The summed E-state index contributed by atoms with van der Waals surface area (Å²) in [5, 5.41) is 4.98. The number of hydrogen-bond donors (Lipinski definition) is 1. The molecule has 2 aromatic heterocycles. The van der Waals surface area contributed by atoms with Gasteiger partial charge in [-0.1, -0.05) is 25.0 Å². The molecule has 1 N–H and O–H groups in total. The molecule has 0 aliphatic heterocycles. The van der Waals surface area contributed by atoms with Crippen molar-refractivity contribution in [1.82, 2.24) is 5.32 Å². The van der Waals surface area contributed by atoms with Crippen LogP contribution in [0.15, 0.2) is 64.6 Å². The van der Waals surface area contributed by atoms with Crippen LogP contribution >= 0.6 is 11.3 Å². The Labute approximate surface area is 190 Å². The maximum Gasteiger partial charge on any atom is 0.337 e. The minimum Gasteiger partial charge on any atom is -0.465 e. The smallest absolute Gasteiger partial charge is 0.337 e. The van der Waals surface area contributed by atoms with E-state index in [1.54, 1.807) is 36.4 Å². The van der Waals surface area contributed by atoms with Gasteiger partial charge >= 0.3 is 5.97 Å². The molecule has 2 heterocycles. The highest BCUT2D eigenvalue weighted by Crippen LogP contribution is 2.33. The number of rotatable bonds is 7. The van der Waals surface area contributed by atoms with Crippen LogP contribution in [0.25, 0.3) is 0 Å². The molecule has 0 bridgehead atoms. The van der Waals surface area contributed by atoms with Crippen LogP contribution in [0, 0.1) is 0 Å².